The highest BCUT2D eigenvalue weighted by Crippen LogP contribution is 2.23. The summed E-state index contributed by atoms with van der Waals surface area (Å²) < 4.78 is 5.17. The number of benzene rings is 1. The minimum absolute atomic E-state index is 0.0372. The van der Waals surface area contributed by atoms with Crippen molar-refractivity contribution in [3.8, 4) is 5.75 Å². The van der Waals surface area contributed by atoms with E-state index in [1.807, 2.05) is 69.4 Å². The highest BCUT2D eigenvalue weighted by molar-refractivity contribution is 5.94. The van der Waals surface area contributed by atoms with Crippen molar-refractivity contribution in [1.29, 1.82) is 0 Å². The van der Waals surface area contributed by atoms with Gasteiger partial charge in [0.05, 0.1) is 24.4 Å². The zero-order valence-electron chi connectivity index (χ0n) is 15.0. The van der Waals surface area contributed by atoms with Crippen LogP contribution in [0.4, 0.5) is 0 Å². The quantitative estimate of drug-likeness (QED) is 0.818. The molecule has 0 aliphatic rings. The van der Waals surface area contributed by atoms with E-state index in [0.29, 0.717) is 5.56 Å². The first-order valence-corrected chi connectivity index (χ1v) is 7.93. The molecular weight excluding hydrogens is 302 g/mol. The second-order valence-electron chi connectivity index (χ2n) is 6.14. The van der Waals surface area contributed by atoms with Gasteiger partial charge in [-0.05, 0) is 50.8 Å². The Morgan fingerprint density at radius 1 is 1.12 bits per heavy atom. The Hall–Kier alpha value is -2.40. The van der Waals surface area contributed by atoms with Crippen LogP contribution >= 0.6 is 0 Å². The van der Waals surface area contributed by atoms with E-state index in [1.165, 1.54) is 0 Å². The van der Waals surface area contributed by atoms with E-state index >= 15 is 0 Å². The predicted octanol–water partition coefficient (Wildman–Crippen LogP) is 2.99. The SMILES string of the molecule is COc1ccc(C(C)N(C)C(=O)c2ccc(CN(C)C)nc2)cc1. The molecule has 0 radical (unpaired) electrons. The summed E-state index contributed by atoms with van der Waals surface area (Å²) in [7, 11) is 7.43. The monoisotopic (exact) mass is 327 g/mol. The van der Waals surface area contributed by atoms with Crippen LogP contribution in [0.1, 0.15) is 34.6 Å². The van der Waals surface area contributed by atoms with Gasteiger partial charge in [0.25, 0.3) is 5.91 Å². The molecule has 0 aliphatic carbocycles. The predicted molar refractivity (Wildman–Crippen MR) is 95.1 cm³/mol. The third-order valence-corrected chi connectivity index (χ3v) is 4.05. The summed E-state index contributed by atoms with van der Waals surface area (Å²) in [6, 6.07) is 11.5. The van der Waals surface area contributed by atoms with Crippen LogP contribution in [0.2, 0.25) is 0 Å². The number of carbonyl (C=O) groups is 1. The van der Waals surface area contributed by atoms with Gasteiger partial charge in [0.2, 0.25) is 0 Å². The van der Waals surface area contributed by atoms with Gasteiger partial charge >= 0.3 is 0 Å². The topological polar surface area (TPSA) is 45.7 Å². The van der Waals surface area contributed by atoms with Crippen molar-refractivity contribution in [2.45, 2.75) is 19.5 Å². The van der Waals surface area contributed by atoms with Crippen LogP contribution in [-0.2, 0) is 6.54 Å². The van der Waals surface area contributed by atoms with Crippen molar-refractivity contribution >= 4 is 5.91 Å². The molecule has 1 unspecified atom stereocenters. The molecule has 0 spiro atoms. The minimum atomic E-state index is -0.0396. The first-order valence-electron chi connectivity index (χ1n) is 7.93. The van der Waals surface area contributed by atoms with E-state index in [4.69, 9.17) is 4.74 Å². The second kappa shape index (κ2) is 7.93. The summed E-state index contributed by atoms with van der Waals surface area (Å²) in [6.07, 6.45) is 1.65. The lowest BCUT2D eigenvalue weighted by molar-refractivity contribution is 0.0742. The molecule has 5 nitrogen and oxygen atoms in total. The van der Waals surface area contributed by atoms with E-state index in [-0.39, 0.29) is 11.9 Å². The Labute approximate surface area is 143 Å². The standard InChI is InChI=1S/C19H25N3O2/c1-14(15-7-10-18(24-5)11-8-15)22(4)19(23)16-6-9-17(20-12-16)13-21(2)3/h6-12,14H,13H2,1-5H3. The number of hydrogen-bond donors (Lipinski definition) is 0. The van der Waals surface area contributed by atoms with Gasteiger partial charge in [-0.1, -0.05) is 12.1 Å². The lowest BCUT2D eigenvalue weighted by Gasteiger charge is -2.25. The number of rotatable bonds is 6. The molecule has 2 aromatic rings. The summed E-state index contributed by atoms with van der Waals surface area (Å²) in [6.45, 7) is 2.76. The lowest BCUT2D eigenvalue weighted by Crippen LogP contribution is -2.29. The highest BCUT2D eigenvalue weighted by Gasteiger charge is 2.19. The van der Waals surface area contributed by atoms with Crippen molar-refractivity contribution < 1.29 is 9.53 Å². The Bertz CT molecular complexity index is 666. The molecule has 1 atom stereocenters. The van der Waals surface area contributed by atoms with Gasteiger partial charge < -0.3 is 14.5 Å². The average Bonchev–Trinajstić information content (AvgIpc) is 2.60. The summed E-state index contributed by atoms with van der Waals surface area (Å²) in [5.74, 6) is 0.767. The Balaban J connectivity index is 2.09. The molecule has 0 aliphatic heterocycles. The van der Waals surface area contributed by atoms with E-state index in [0.717, 1.165) is 23.6 Å². The molecule has 1 heterocycles. The summed E-state index contributed by atoms with van der Waals surface area (Å²) in [4.78, 5) is 20.8. The Kier molecular flexibility index (Phi) is 5.93. The fourth-order valence-electron chi connectivity index (χ4n) is 2.45. The maximum Gasteiger partial charge on any atom is 0.255 e. The molecule has 128 valence electrons. The van der Waals surface area contributed by atoms with Crippen LogP contribution < -0.4 is 4.74 Å². The van der Waals surface area contributed by atoms with Crippen molar-refractivity contribution in [3.63, 3.8) is 0 Å². The molecule has 5 heteroatoms. The van der Waals surface area contributed by atoms with Crippen LogP contribution in [0.15, 0.2) is 42.6 Å². The van der Waals surface area contributed by atoms with E-state index in [9.17, 15) is 4.79 Å². The third-order valence-electron chi connectivity index (χ3n) is 4.05. The first kappa shape index (κ1) is 17.9. The zero-order chi connectivity index (χ0) is 17.7. The zero-order valence-corrected chi connectivity index (χ0v) is 15.0. The maximum atomic E-state index is 12.7. The van der Waals surface area contributed by atoms with Crippen LogP contribution in [0.25, 0.3) is 0 Å². The smallest absolute Gasteiger partial charge is 0.255 e. The number of ether oxygens (including phenoxy) is 1. The Morgan fingerprint density at radius 3 is 2.29 bits per heavy atom. The molecule has 2 rings (SSSR count). The molecule has 0 saturated carbocycles. The Morgan fingerprint density at radius 2 is 1.79 bits per heavy atom. The molecular formula is C19H25N3O2. The molecule has 1 aromatic heterocycles. The third kappa shape index (κ3) is 4.32. The number of pyridine rings is 1. The fourth-order valence-corrected chi connectivity index (χ4v) is 2.45. The van der Waals surface area contributed by atoms with Crippen molar-refractivity contribution in [3.05, 3.63) is 59.4 Å². The largest absolute Gasteiger partial charge is 0.497 e. The highest BCUT2D eigenvalue weighted by atomic mass is 16.5. The van der Waals surface area contributed by atoms with Crippen molar-refractivity contribution in [1.82, 2.24) is 14.8 Å². The van der Waals surface area contributed by atoms with Gasteiger partial charge in [0, 0.05) is 19.8 Å². The van der Waals surface area contributed by atoms with Gasteiger partial charge in [-0.2, -0.15) is 0 Å². The van der Waals surface area contributed by atoms with Gasteiger partial charge in [0.1, 0.15) is 5.75 Å². The molecule has 24 heavy (non-hydrogen) atoms. The van der Waals surface area contributed by atoms with E-state index < -0.39 is 0 Å². The number of carbonyl (C=O) groups excluding carboxylic acids is 1. The van der Waals surface area contributed by atoms with Gasteiger partial charge in [-0.25, -0.2) is 0 Å². The number of methoxy groups -OCH3 is 1. The molecule has 0 fully saturated rings. The van der Waals surface area contributed by atoms with Crippen molar-refractivity contribution in [2.75, 3.05) is 28.3 Å². The number of nitrogens with zero attached hydrogens (tertiary/aromatic N) is 3. The van der Waals surface area contributed by atoms with Gasteiger partial charge in [0.15, 0.2) is 0 Å². The number of amides is 1. The molecule has 1 amide bonds. The van der Waals surface area contributed by atoms with Crippen LogP contribution in [0, 0.1) is 0 Å². The summed E-state index contributed by atoms with van der Waals surface area (Å²) in [5.41, 5.74) is 2.60. The lowest BCUT2D eigenvalue weighted by atomic mass is 10.1. The molecule has 0 bridgehead atoms. The fraction of sp³-hybridized carbons (Fsp3) is 0.368. The average molecular weight is 327 g/mol. The molecule has 0 N–H and O–H groups in total. The van der Waals surface area contributed by atoms with Crippen LogP contribution in [-0.4, -0.2) is 48.9 Å². The minimum Gasteiger partial charge on any atom is -0.497 e. The number of aromatic nitrogens is 1. The molecule has 0 saturated heterocycles. The summed E-state index contributed by atoms with van der Waals surface area (Å²) in [5, 5.41) is 0. The molecule has 1 aromatic carbocycles. The van der Waals surface area contributed by atoms with Gasteiger partial charge in [-0.3, -0.25) is 9.78 Å². The van der Waals surface area contributed by atoms with Crippen LogP contribution in [0.5, 0.6) is 5.75 Å². The number of hydrogen-bond acceptors (Lipinski definition) is 4. The first-order chi connectivity index (χ1) is 11.4. The van der Waals surface area contributed by atoms with Crippen molar-refractivity contribution in [2.24, 2.45) is 0 Å². The van der Waals surface area contributed by atoms with E-state index in [2.05, 4.69) is 4.98 Å². The van der Waals surface area contributed by atoms with E-state index in [1.54, 1.807) is 18.2 Å². The van der Waals surface area contributed by atoms with Gasteiger partial charge in [-0.15, -0.1) is 0 Å². The maximum absolute atomic E-state index is 12.7. The summed E-state index contributed by atoms with van der Waals surface area (Å²) >= 11 is 0. The second-order valence-corrected chi connectivity index (χ2v) is 6.14. The normalized spacial score (nSPS) is 12.1. The van der Waals surface area contributed by atoms with Crippen LogP contribution in [0.3, 0.4) is 0 Å².